The molecule has 1 aromatic carbocycles. The van der Waals surface area contributed by atoms with Gasteiger partial charge >= 0.3 is 0 Å². The Morgan fingerprint density at radius 3 is 2.54 bits per heavy atom. The topological polar surface area (TPSA) is 50.2 Å². The lowest BCUT2D eigenvalue weighted by Gasteiger charge is -2.31. The molecule has 1 unspecified atom stereocenters. The molecule has 0 aliphatic rings. The summed E-state index contributed by atoms with van der Waals surface area (Å²) < 4.78 is 1.74. The highest BCUT2D eigenvalue weighted by molar-refractivity contribution is 6.31. The molecule has 6 heteroatoms. The van der Waals surface area contributed by atoms with Crippen molar-refractivity contribution in [3.63, 3.8) is 0 Å². The van der Waals surface area contributed by atoms with Crippen LogP contribution in [-0.2, 0) is 7.05 Å². The summed E-state index contributed by atoms with van der Waals surface area (Å²) in [6.45, 7) is 8.32. The molecule has 1 aromatic heterocycles. The Morgan fingerprint density at radius 1 is 1.33 bits per heavy atom. The maximum absolute atomic E-state index is 12.5. The Hall–Kier alpha value is -1.85. The van der Waals surface area contributed by atoms with E-state index in [-0.39, 0.29) is 11.9 Å². The van der Waals surface area contributed by atoms with Crippen molar-refractivity contribution in [3.8, 4) is 0 Å². The number of aryl methyl sites for hydroxylation is 2. The van der Waals surface area contributed by atoms with E-state index in [9.17, 15) is 4.79 Å². The van der Waals surface area contributed by atoms with Gasteiger partial charge in [0.05, 0.1) is 18.1 Å². The lowest BCUT2D eigenvalue weighted by atomic mass is 10.0. The van der Waals surface area contributed by atoms with E-state index in [0.717, 1.165) is 29.4 Å². The number of benzene rings is 1. The molecule has 0 saturated heterocycles. The van der Waals surface area contributed by atoms with Gasteiger partial charge in [-0.1, -0.05) is 43.6 Å². The first-order valence-electron chi connectivity index (χ1n) is 8.24. The van der Waals surface area contributed by atoms with E-state index in [1.54, 1.807) is 10.9 Å². The summed E-state index contributed by atoms with van der Waals surface area (Å²) in [7, 11) is 1.82. The second-order valence-electron chi connectivity index (χ2n) is 5.76. The van der Waals surface area contributed by atoms with E-state index in [4.69, 9.17) is 11.6 Å². The molecule has 0 aliphatic carbocycles. The van der Waals surface area contributed by atoms with Gasteiger partial charge in [0.2, 0.25) is 0 Å². The highest BCUT2D eigenvalue weighted by Crippen LogP contribution is 2.27. The zero-order chi connectivity index (χ0) is 17.7. The number of likely N-dealkylation sites (N-methyl/N-ethyl adjacent to an activating group) is 1. The number of rotatable bonds is 7. The molecule has 1 atom stereocenters. The van der Waals surface area contributed by atoms with Gasteiger partial charge in [-0.05, 0) is 31.6 Å². The highest BCUT2D eigenvalue weighted by atomic mass is 35.5. The first kappa shape index (κ1) is 18.5. The first-order chi connectivity index (χ1) is 11.5. The van der Waals surface area contributed by atoms with Crippen molar-refractivity contribution in [1.29, 1.82) is 0 Å². The monoisotopic (exact) mass is 348 g/mol. The van der Waals surface area contributed by atoms with Gasteiger partial charge in [-0.2, -0.15) is 0 Å². The van der Waals surface area contributed by atoms with Crippen molar-refractivity contribution in [1.82, 2.24) is 19.8 Å². The van der Waals surface area contributed by atoms with Gasteiger partial charge in [0, 0.05) is 18.6 Å². The Morgan fingerprint density at radius 2 is 2.00 bits per heavy atom. The van der Waals surface area contributed by atoms with E-state index >= 15 is 0 Å². The predicted octanol–water partition coefficient (Wildman–Crippen LogP) is 3.19. The maximum atomic E-state index is 12.5. The van der Waals surface area contributed by atoms with E-state index in [0.29, 0.717) is 12.2 Å². The third-order valence-corrected chi connectivity index (χ3v) is 4.65. The summed E-state index contributed by atoms with van der Waals surface area (Å²) in [4.78, 5) is 19.0. The lowest BCUT2D eigenvalue weighted by Crippen LogP contribution is -2.38. The number of imidazole rings is 1. The Labute approximate surface area is 148 Å². The molecule has 2 rings (SSSR count). The summed E-state index contributed by atoms with van der Waals surface area (Å²) in [6.07, 6.45) is 1.65. The molecule has 2 aromatic rings. The van der Waals surface area contributed by atoms with Crippen LogP contribution < -0.4 is 5.32 Å². The van der Waals surface area contributed by atoms with E-state index in [2.05, 4.69) is 29.0 Å². The van der Waals surface area contributed by atoms with Crippen LogP contribution in [-0.4, -0.2) is 40.0 Å². The molecule has 0 saturated carbocycles. The molecule has 0 bridgehead atoms. The summed E-state index contributed by atoms with van der Waals surface area (Å²) in [5, 5.41) is 3.76. The second-order valence-corrected chi connectivity index (χ2v) is 6.17. The number of hydrogen-bond donors (Lipinski definition) is 1. The molecule has 1 heterocycles. The van der Waals surface area contributed by atoms with Crippen molar-refractivity contribution in [2.24, 2.45) is 7.05 Å². The van der Waals surface area contributed by atoms with Crippen molar-refractivity contribution >= 4 is 17.5 Å². The average Bonchev–Trinajstić information content (AvgIpc) is 2.91. The van der Waals surface area contributed by atoms with Crippen molar-refractivity contribution in [3.05, 3.63) is 52.6 Å². The molecule has 0 radical (unpaired) electrons. The Bertz CT molecular complexity index is 675. The molecular weight excluding hydrogens is 324 g/mol. The van der Waals surface area contributed by atoms with Crippen molar-refractivity contribution in [2.75, 3.05) is 19.6 Å². The van der Waals surface area contributed by atoms with Crippen LogP contribution in [0.4, 0.5) is 0 Å². The number of hydrogen-bond acceptors (Lipinski definition) is 3. The van der Waals surface area contributed by atoms with Gasteiger partial charge < -0.3 is 9.88 Å². The van der Waals surface area contributed by atoms with E-state index < -0.39 is 0 Å². The minimum atomic E-state index is -0.114. The quantitative estimate of drug-likeness (QED) is 0.836. The van der Waals surface area contributed by atoms with Crippen LogP contribution in [0.25, 0.3) is 0 Å². The molecule has 0 fully saturated rings. The Balaban J connectivity index is 2.20. The molecular formula is C18H25ClN4O. The molecule has 0 aliphatic heterocycles. The zero-order valence-corrected chi connectivity index (χ0v) is 15.5. The SMILES string of the molecule is CCN(CC)C(CNC(=O)c1c(C)ncn1C)c1ccccc1Cl. The summed E-state index contributed by atoms with van der Waals surface area (Å²) in [5.74, 6) is -0.114. The fourth-order valence-corrected chi connectivity index (χ4v) is 3.25. The molecule has 1 amide bonds. The van der Waals surface area contributed by atoms with Gasteiger partial charge in [0.15, 0.2) is 0 Å². The van der Waals surface area contributed by atoms with Crippen LogP contribution in [0, 0.1) is 6.92 Å². The molecule has 0 spiro atoms. The van der Waals surface area contributed by atoms with Crippen LogP contribution in [0.5, 0.6) is 0 Å². The molecule has 1 N–H and O–H groups in total. The summed E-state index contributed by atoms with van der Waals surface area (Å²) in [5.41, 5.74) is 2.35. The largest absolute Gasteiger partial charge is 0.349 e. The van der Waals surface area contributed by atoms with E-state index in [1.165, 1.54) is 0 Å². The average molecular weight is 349 g/mol. The van der Waals surface area contributed by atoms with Crippen molar-refractivity contribution < 1.29 is 4.79 Å². The van der Waals surface area contributed by atoms with Gasteiger partial charge in [-0.15, -0.1) is 0 Å². The second kappa shape index (κ2) is 8.31. The number of halogens is 1. The normalized spacial score (nSPS) is 12.4. The fourth-order valence-electron chi connectivity index (χ4n) is 2.99. The van der Waals surface area contributed by atoms with Crippen LogP contribution in [0.2, 0.25) is 5.02 Å². The molecule has 130 valence electrons. The molecule has 5 nitrogen and oxygen atoms in total. The smallest absolute Gasteiger partial charge is 0.269 e. The lowest BCUT2D eigenvalue weighted by molar-refractivity contribution is 0.0926. The fraction of sp³-hybridized carbons (Fsp3) is 0.444. The third kappa shape index (κ3) is 3.97. The van der Waals surface area contributed by atoms with Crippen LogP contribution in [0.3, 0.4) is 0 Å². The molecule has 24 heavy (non-hydrogen) atoms. The number of carbonyl (C=O) groups excluding carboxylic acids is 1. The minimum Gasteiger partial charge on any atom is -0.349 e. The van der Waals surface area contributed by atoms with Crippen molar-refractivity contribution in [2.45, 2.75) is 26.8 Å². The Kier molecular flexibility index (Phi) is 6.40. The maximum Gasteiger partial charge on any atom is 0.269 e. The highest BCUT2D eigenvalue weighted by Gasteiger charge is 2.22. The van der Waals surface area contributed by atoms with Gasteiger partial charge in [-0.25, -0.2) is 4.98 Å². The summed E-state index contributed by atoms with van der Waals surface area (Å²) in [6, 6.07) is 7.84. The predicted molar refractivity (Wildman–Crippen MR) is 97.4 cm³/mol. The number of aromatic nitrogens is 2. The van der Waals surface area contributed by atoms with Crippen LogP contribution in [0.15, 0.2) is 30.6 Å². The van der Waals surface area contributed by atoms with Crippen LogP contribution >= 0.6 is 11.6 Å². The zero-order valence-electron chi connectivity index (χ0n) is 14.7. The van der Waals surface area contributed by atoms with Gasteiger partial charge in [0.25, 0.3) is 5.91 Å². The third-order valence-electron chi connectivity index (χ3n) is 4.31. The van der Waals surface area contributed by atoms with Crippen LogP contribution in [0.1, 0.15) is 41.6 Å². The first-order valence-corrected chi connectivity index (χ1v) is 8.61. The summed E-state index contributed by atoms with van der Waals surface area (Å²) >= 11 is 6.39. The number of amides is 1. The minimum absolute atomic E-state index is 0.0335. The van der Waals surface area contributed by atoms with Gasteiger partial charge in [-0.3, -0.25) is 9.69 Å². The van der Waals surface area contributed by atoms with Gasteiger partial charge in [0.1, 0.15) is 5.69 Å². The number of carbonyl (C=O) groups is 1. The van der Waals surface area contributed by atoms with E-state index in [1.807, 2.05) is 38.2 Å². The number of nitrogens with zero attached hydrogens (tertiary/aromatic N) is 3. The number of nitrogens with one attached hydrogen (secondary N) is 1. The standard InChI is InChI=1S/C18H25ClN4O/c1-5-23(6-2)16(14-9-7-8-10-15(14)19)11-20-18(24)17-13(3)21-12-22(17)4/h7-10,12,16H,5-6,11H2,1-4H3,(H,20,24).